The van der Waals surface area contributed by atoms with Crippen molar-refractivity contribution >= 4 is 49.2 Å². The molecule has 32 heavy (non-hydrogen) atoms. The first-order valence-corrected chi connectivity index (χ1v) is 13.3. The first-order valence-electron chi connectivity index (χ1n) is 9.37. The molecule has 180 valence electrons. The van der Waals surface area contributed by atoms with E-state index in [-0.39, 0.29) is 26.9 Å². The molecule has 0 radical (unpaired) electrons. The molecule has 15 heteroatoms. The first-order chi connectivity index (χ1) is 14.7. The van der Waals surface area contributed by atoms with Crippen molar-refractivity contribution in [1.82, 2.24) is 4.90 Å². The smallest absolute Gasteiger partial charge is 0.413 e. The molecule has 3 atom stereocenters. The number of hydrogen-bond acceptors (Lipinski definition) is 11. The summed E-state index contributed by atoms with van der Waals surface area (Å²) in [5, 5.41) is 4.26. The highest BCUT2D eigenvalue weighted by atomic mass is 32.3. The molecule has 0 bridgehead atoms. The standard InChI is InChI=1S/C17H24N2O10S3/c1-5-19(17(22)28-8-27-15(21)10(3)29-11(4)20)13-6-9(2)31(23,24)16-12(13)7-14(30-16)32(18,25)26/h7,9-10,13H,5-6,8H2,1-4H3,(H2,18,25,26)/t9-,10-,13-/m0/s1. The largest absolute Gasteiger partial charge is 0.451 e. The van der Waals surface area contributed by atoms with Crippen molar-refractivity contribution in [2.75, 3.05) is 13.3 Å². The number of carbonyl (C=O) groups is 3. The normalized spacial score (nSPS) is 20.5. The molecule has 2 N–H and O–H groups in total. The number of rotatable bonds is 7. The van der Waals surface area contributed by atoms with E-state index in [9.17, 15) is 31.2 Å². The maximum Gasteiger partial charge on any atom is 0.413 e. The van der Waals surface area contributed by atoms with Crippen LogP contribution in [0.25, 0.3) is 0 Å². The van der Waals surface area contributed by atoms with Crippen LogP contribution in [-0.2, 0) is 43.7 Å². The summed E-state index contributed by atoms with van der Waals surface area (Å²) >= 11 is 0.536. The molecule has 1 aromatic rings. The highest BCUT2D eigenvalue weighted by molar-refractivity contribution is 7.95. The predicted octanol–water partition coefficient (Wildman–Crippen LogP) is 0.913. The van der Waals surface area contributed by atoms with Crippen molar-refractivity contribution in [3.05, 3.63) is 11.6 Å². The van der Waals surface area contributed by atoms with Crippen molar-refractivity contribution in [3.63, 3.8) is 0 Å². The van der Waals surface area contributed by atoms with Gasteiger partial charge < -0.3 is 19.1 Å². The Morgan fingerprint density at radius 1 is 1.31 bits per heavy atom. The van der Waals surface area contributed by atoms with E-state index < -0.39 is 62.1 Å². The summed E-state index contributed by atoms with van der Waals surface area (Å²) in [5.41, 5.74) is 0.136. The molecule has 2 rings (SSSR count). The number of esters is 2. The van der Waals surface area contributed by atoms with Crippen molar-refractivity contribution in [3.8, 4) is 0 Å². The van der Waals surface area contributed by atoms with Crippen LogP contribution in [0.2, 0.25) is 0 Å². The zero-order valence-corrected chi connectivity index (χ0v) is 20.2. The molecule has 0 saturated carbocycles. The number of hydrogen-bond donors (Lipinski definition) is 1. The van der Waals surface area contributed by atoms with E-state index in [2.05, 4.69) is 4.74 Å². The number of sulfonamides is 1. The molecule has 0 spiro atoms. The van der Waals surface area contributed by atoms with Crippen LogP contribution in [0.5, 0.6) is 0 Å². The van der Waals surface area contributed by atoms with E-state index in [1.54, 1.807) is 6.92 Å². The van der Waals surface area contributed by atoms with Gasteiger partial charge in [-0.15, -0.1) is 11.3 Å². The topological polar surface area (TPSA) is 176 Å². The van der Waals surface area contributed by atoms with Gasteiger partial charge in [-0.25, -0.2) is 31.6 Å². The summed E-state index contributed by atoms with van der Waals surface area (Å²) in [4.78, 5) is 36.4. The second kappa shape index (κ2) is 9.72. The van der Waals surface area contributed by atoms with Gasteiger partial charge in [0.1, 0.15) is 8.42 Å². The fourth-order valence-corrected chi connectivity index (χ4v) is 7.52. The summed E-state index contributed by atoms with van der Waals surface area (Å²) < 4.78 is 62.8. The van der Waals surface area contributed by atoms with E-state index in [0.717, 1.165) is 13.0 Å². The summed E-state index contributed by atoms with van der Waals surface area (Å²) in [6.07, 6.45) is -2.10. The molecule has 0 aromatic carbocycles. The molecule has 0 aliphatic carbocycles. The molecule has 1 aliphatic rings. The van der Waals surface area contributed by atoms with E-state index in [0.29, 0.717) is 11.3 Å². The van der Waals surface area contributed by atoms with Crippen molar-refractivity contribution in [1.29, 1.82) is 0 Å². The van der Waals surface area contributed by atoms with E-state index >= 15 is 0 Å². The molecule has 0 unspecified atom stereocenters. The maximum atomic E-state index is 12.7. The molecule has 1 amide bonds. The summed E-state index contributed by atoms with van der Waals surface area (Å²) in [6.45, 7) is 4.81. The predicted molar refractivity (Wildman–Crippen MR) is 111 cm³/mol. The van der Waals surface area contributed by atoms with Gasteiger partial charge in [0.05, 0.1) is 11.3 Å². The number of nitrogens with two attached hydrogens (primary N) is 1. The molecular formula is C17H24N2O10S3. The molecule has 0 saturated heterocycles. The lowest BCUT2D eigenvalue weighted by Crippen LogP contribution is -2.41. The van der Waals surface area contributed by atoms with Gasteiger partial charge in [-0.2, -0.15) is 0 Å². The van der Waals surface area contributed by atoms with Gasteiger partial charge in [-0.05, 0) is 33.3 Å². The average molecular weight is 513 g/mol. The second-order valence-corrected chi connectivity index (χ2v) is 12.4. The Labute approximate surface area is 189 Å². The Kier molecular flexibility index (Phi) is 7.91. The van der Waals surface area contributed by atoms with Gasteiger partial charge in [0, 0.05) is 19.0 Å². The Hall–Kier alpha value is -2.23. The minimum atomic E-state index is -4.16. The summed E-state index contributed by atoms with van der Waals surface area (Å²) in [6, 6.07) is 0.351. The van der Waals surface area contributed by atoms with E-state index in [4.69, 9.17) is 14.6 Å². The van der Waals surface area contributed by atoms with Crippen LogP contribution in [0.15, 0.2) is 14.5 Å². The molecule has 1 aliphatic heterocycles. The van der Waals surface area contributed by atoms with Crippen LogP contribution in [0, 0.1) is 0 Å². The third-order valence-electron chi connectivity index (χ3n) is 4.69. The van der Waals surface area contributed by atoms with Crippen LogP contribution in [0.4, 0.5) is 4.79 Å². The van der Waals surface area contributed by atoms with Crippen LogP contribution >= 0.6 is 11.3 Å². The minimum Gasteiger partial charge on any atom is -0.451 e. The number of sulfone groups is 1. The zero-order chi connectivity index (χ0) is 24.4. The fourth-order valence-electron chi connectivity index (χ4n) is 3.12. The van der Waals surface area contributed by atoms with Gasteiger partial charge >= 0.3 is 18.0 Å². The van der Waals surface area contributed by atoms with Crippen LogP contribution in [0.3, 0.4) is 0 Å². The SMILES string of the molecule is CCN(C(=O)OCOC(=O)[C@H](C)OC(C)=O)[C@H]1C[C@H](C)S(=O)(=O)c2sc(S(N)(=O)=O)cc21. The van der Waals surface area contributed by atoms with Gasteiger partial charge in [-0.1, -0.05) is 0 Å². The number of thiophene rings is 1. The highest BCUT2D eigenvalue weighted by Crippen LogP contribution is 2.45. The quantitative estimate of drug-likeness (QED) is 0.408. The Morgan fingerprint density at radius 2 is 1.94 bits per heavy atom. The lowest BCUT2D eigenvalue weighted by atomic mass is 10.0. The zero-order valence-electron chi connectivity index (χ0n) is 17.8. The number of primary sulfonamides is 1. The Morgan fingerprint density at radius 3 is 2.47 bits per heavy atom. The average Bonchev–Trinajstić information content (AvgIpc) is 3.13. The number of fused-ring (bicyclic) bond motifs is 1. The monoisotopic (exact) mass is 512 g/mol. The van der Waals surface area contributed by atoms with Gasteiger partial charge in [0.2, 0.25) is 16.8 Å². The van der Waals surface area contributed by atoms with Crippen LogP contribution in [-0.4, -0.2) is 64.5 Å². The van der Waals surface area contributed by atoms with E-state index in [1.807, 2.05) is 0 Å². The van der Waals surface area contributed by atoms with Gasteiger partial charge in [0.15, 0.2) is 15.9 Å². The lowest BCUT2D eigenvalue weighted by Gasteiger charge is -2.35. The summed E-state index contributed by atoms with van der Waals surface area (Å²) in [7, 11) is -7.95. The molecule has 1 aromatic heterocycles. The number of ether oxygens (including phenoxy) is 3. The van der Waals surface area contributed by atoms with Crippen LogP contribution in [0.1, 0.15) is 45.7 Å². The number of nitrogens with zero attached hydrogens (tertiary/aromatic N) is 1. The lowest BCUT2D eigenvalue weighted by molar-refractivity contribution is -0.171. The Bertz CT molecular complexity index is 1110. The molecule has 0 fully saturated rings. The van der Waals surface area contributed by atoms with Crippen molar-refractivity contribution in [2.45, 2.75) is 59.9 Å². The van der Waals surface area contributed by atoms with Crippen molar-refractivity contribution < 1.29 is 45.4 Å². The fraction of sp³-hybridized carbons (Fsp3) is 0.588. The van der Waals surface area contributed by atoms with Gasteiger partial charge in [-0.3, -0.25) is 4.79 Å². The minimum absolute atomic E-state index is 0.00232. The first kappa shape index (κ1) is 26.0. The molecule has 12 nitrogen and oxygen atoms in total. The number of amides is 1. The van der Waals surface area contributed by atoms with Gasteiger partial charge in [0.25, 0.3) is 0 Å². The third-order valence-corrected chi connectivity index (χ3v) is 10.0. The highest BCUT2D eigenvalue weighted by Gasteiger charge is 2.43. The molecule has 2 heterocycles. The van der Waals surface area contributed by atoms with E-state index in [1.165, 1.54) is 18.7 Å². The van der Waals surface area contributed by atoms with Crippen molar-refractivity contribution in [2.24, 2.45) is 5.14 Å². The third kappa shape index (κ3) is 5.57. The number of carbonyl (C=O) groups excluding carboxylic acids is 3. The second-order valence-electron chi connectivity index (χ2n) is 6.99. The Balaban J connectivity index is 2.22. The molecular weight excluding hydrogens is 488 g/mol. The summed E-state index contributed by atoms with van der Waals surface area (Å²) in [5.74, 6) is -1.61. The maximum absolute atomic E-state index is 12.7. The van der Waals surface area contributed by atoms with Crippen LogP contribution < -0.4 is 5.14 Å².